The van der Waals surface area contributed by atoms with Gasteiger partial charge in [0.2, 0.25) is 0 Å². The number of pyridine rings is 1. The second-order valence-corrected chi connectivity index (χ2v) is 4.09. The van der Waals surface area contributed by atoms with Crippen molar-refractivity contribution in [2.45, 2.75) is 6.42 Å². The first-order chi connectivity index (χ1) is 8.72. The van der Waals surface area contributed by atoms with Crippen LogP contribution in [0.3, 0.4) is 0 Å². The molecule has 1 aromatic carbocycles. The van der Waals surface area contributed by atoms with Gasteiger partial charge in [-0.3, -0.25) is 9.78 Å². The predicted octanol–water partition coefficient (Wildman–Crippen LogP) is 2.23. The van der Waals surface area contributed by atoms with Gasteiger partial charge in [0, 0.05) is 30.9 Å². The summed E-state index contributed by atoms with van der Waals surface area (Å²) < 4.78 is 4.65. The number of carbonyl (C=O) groups is 1. The first-order valence-electron chi connectivity index (χ1n) is 5.84. The van der Waals surface area contributed by atoms with Gasteiger partial charge in [-0.25, -0.2) is 0 Å². The van der Waals surface area contributed by atoms with Gasteiger partial charge in [0.1, 0.15) is 0 Å². The molecule has 0 fully saturated rings. The van der Waals surface area contributed by atoms with Crippen LogP contribution < -0.4 is 4.90 Å². The zero-order valence-electron chi connectivity index (χ0n) is 10.6. The highest BCUT2D eigenvalue weighted by Crippen LogP contribution is 2.24. The van der Waals surface area contributed by atoms with E-state index < -0.39 is 0 Å². The number of methoxy groups -OCH3 is 1. The van der Waals surface area contributed by atoms with E-state index in [1.54, 1.807) is 6.20 Å². The van der Waals surface area contributed by atoms with E-state index in [1.165, 1.54) is 7.11 Å². The highest BCUT2D eigenvalue weighted by atomic mass is 16.5. The van der Waals surface area contributed by atoms with Gasteiger partial charge < -0.3 is 9.64 Å². The molecule has 0 radical (unpaired) electrons. The Morgan fingerprint density at radius 2 is 2.11 bits per heavy atom. The van der Waals surface area contributed by atoms with Crippen LogP contribution in [0.2, 0.25) is 0 Å². The summed E-state index contributed by atoms with van der Waals surface area (Å²) in [6.45, 7) is 0.626. The lowest BCUT2D eigenvalue weighted by molar-refractivity contribution is -0.140. The number of esters is 1. The van der Waals surface area contributed by atoms with Crippen LogP contribution in [0.1, 0.15) is 6.42 Å². The van der Waals surface area contributed by atoms with Crippen LogP contribution in [0, 0.1) is 0 Å². The van der Waals surface area contributed by atoms with Crippen molar-refractivity contribution in [2.24, 2.45) is 0 Å². The van der Waals surface area contributed by atoms with Crippen molar-refractivity contribution in [3.8, 4) is 0 Å². The Hall–Kier alpha value is -2.10. The number of nitrogens with zero attached hydrogens (tertiary/aromatic N) is 2. The number of fused-ring (bicyclic) bond motifs is 1. The maximum Gasteiger partial charge on any atom is 0.307 e. The maximum absolute atomic E-state index is 11.1. The van der Waals surface area contributed by atoms with Crippen molar-refractivity contribution in [1.82, 2.24) is 4.98 Å². The highest BCUT2D eigenvalue weighted by Gasteiger charge is 2.08. The van der Waals surface area contributed by atoms with Crippen LogP contribution in [-0.4, -0.2) is 31.7 Å². The monoisotopic (exact) mass is 244 g/mol. The quantitative estimate of drug-likeness (QED) is 0.773. The molecule has 0 spiro atoms. The Morgan fingerprint density at radius 3 is 2.89 bits per heavy atom. The Balaban J connectivity index is 2.22. The van der Waals surface area contributed by atoms with Gasteiger partial charge in [-0.05, 0) is 12.1 Å². The normalized spacial score (nSPS) is 10.3. The van der Waals surface area contributed by atoms with E-state index >= 15 is 0 Å². The molecule has 0 saturated carbocycles. The Morgan fingerprint density at radius 1 is 1.33 bits per heavy atom. The summed E-state index contributed by atoms with van der Waals surface area (Å²) in [7, 11) is 3.37. The van der Waals surface area contributed by atoms with E-state index in [2.05, 4.69) is 9.72 Å². The zero-order valence-corrected chi connectivity index (χ0v) is 10.6. The fraction of sp³-hybridized carbons (Fsp3) is 0.286. The molecule has 0 aliphatic carbocycles. The van der Waals surface area contributed by atoms with Gasteiger partial charge in [0.15, 0.2) is 0 Å². The molecule has 1 heterocycles. The Bertz CT molecular complexity index is 549. The van der Waals surface area contributed by atoms with Gasteiger partial charge >= 0.3 is 5.97 Å². The molecule has 2 rings (SSSR count). The van der Waals surface area contributed by atoms with Crippen LogP contribution in [0.4, 0.5) is 5.69 Å². The lowest BCUT2D eigenvalue weighted by Crippen LogP contribution is -2.21. The number of anilines is 1. The molecule has 4 nitrogen and oxygen atoms in total. The molecule has 0 aliphatic rings. The molecule has 18 heavy (non-hydrogen) atoms. The number of hydrogen-bond donors (Lipinski definition) is 0. The smallest absolute Gasteiger partial charge is 0.307 e. The van der Waals surface area contributed by atoms with Crippen molar-refractivity contribution in [3.05, 3.63) is 36.5 Å². The van der Waals surface area contributed by atoms with Crippen molar-refractivity contribution in [1.29, 1.82) is 0 Å². The summed E-state index contributed by atoms with van der Waals surface area (Å²) in [5.41, 5.74) is 2.03. The lowest BCUT2D eigenvalue weighted by atomic mass is 10.1. The molecule has 0 amide bonds. The third kappa shape index (κ3) is 2.59. The van der Waals surface area contributed by atoms with Crippen LogP contribution in [0.15, 0.2) is 36.5 Å². The Labute approximate surface area is 106 Å². The highest BCUT2D eigenvalue weighted by molar-refractivity contribution is 5.91. The predicted molar refractivity (Wildman–Crippen MR) is 71.6 cm³/mol. The molecular weight excluding hydrogens is 228 g/mol. The number of aromatic nitrogens is 1. The number of hydrogen-bond acceptors (Lipinski definition) is 4. The summed E-state index contributed by atoms with van der Waals surface area (Å²) in [4.78, 5) is 17.5. The summed E-state index contributed by atoms with van der Waals surface area (Å²) in [6, 6.07) is 9.92. The van der Waals surface area contributed by atoms with Crippen molar-refractivity contribution < 1.29 is 9.53 Å². The van der Waals surface area contributed by atoms with Crippen LogP contribution in [-0.2, 0) is 9.53 Å². The molecule has 0 bridgehead atoms. The minimum atomic E-state index is -0.194. The number of ether oxygens (including phenoxy) is 1. The largest absolute Gasteiger partial charge is 0.469 e. The molecule has 0 N–H and O–H groups in total. The Kier molecular flexibility index (Phi) is 3.77. The molecule has 1 aromatic heterocycles. The second kappa shape index (κ2) is 5.49. The SMILES string of the molecule is COC(=O)CCN(C)c1ccnc2ccccc12. The van der Waals surface area contributed by atoms with E-state index in [0.29, 0.717) is 13.0 Å². The van der Waals surface area contributed by atoms with E-state index in [9.17, 15) is 4.79 Å². The third-order valence-electron chi connectivity index (χ3n) is 2.92. The average Bonchev–Trinajstić information content (AvgIpc) is 2.43. The van der Waals surface area contributed by atoms with E-state index in [1.807, 2.05) is 42.3 Å². The van der Waals surface area contributed by atoms with Crippen molar-refractivity contribution >= 4 is 22.6 Å². The molecule has 94 valence electrons. The fourth-order valence-corrected chi connectivity index (χ4v) is 1.90. The zero-order chi connectivity index (χ0) is 13.0. The minimum Gasteiger partial charge on any atom is -0.469 e. The summed E-state index contributed by atoms with van der Waals surface area (Å²) in [6.07, 6.45) is 2.16. The molecular formula is C14H16N2O2. The first kappa shape index (κ1) is 12.4. The first-order valence-corrected chi connectivity index (χ1v) is 5.84. The average molecular weight is 244 g/mol. The number of carbonyl (C=O) groups excluding carboxylic acids is 1. The van der Waals surface area contributed by atoms with Gasteiger partial charge in [-0.2, -0.15) is 0 Å². The van der Waals surface area contributed by atoms with Gasteiger partial charge in [-0.15, -0.1) is 0 Å². The molecule has 0 aliphatic heterocycles. The number of rotatable bonds is 4. The molecule has 4 heteroatoms. The molecule has 0 atom stereocenters. The fourth-order valence-electron chi connectivity index (χ4n) is 1.90. The standard InChI is InChI=1S/C14H16N2O2/c1-16(10-8-14(17)18-2)13-7-9-15-12-6-4-3-5-11(12)13/h3-7,9H,8,10H2,1-2H3. The topological polar surface area (TPSA) is 42.4 Å². The lowest BCUT2D eigenvalue weighted by Gasteiger charge is -2.20. The molecule has 0 unspecified atom stereocenters. The third-order valence-corrected chi connectivity index (χ3v) is 2.92. The maximum atomic E-state index is 11.1. The van der Waals surface area contributed by atoms with Crippen LogP contribution in [0.5, 0.6) is 0 Å². The van der Waals surface area contributed by atoms with E-state index in [0.717, 1.165) is 16.6 Å². The molecule has 0 saturated heterocycles. The number of para-hydroxylation sites is 1. The van der Waals surface area contributed by atoms with Gasteiger partial charge in [-0.1, -0.05) is 18.2 Å². The summed E-state index contributed by atoms with van der Waals surface area (Å²) >= 11 is 0. The summed E-state index contributed by atoms with van der Waals surface area (Å²) in [5, 5.41) is 1.09. The molecule has 2 aromatic rings. The summed E-state index contributed by atoms with van der Waals surface area (Å²) in [5.74, 6) is -0.194. The van der Waals surface area contributed by atoms with Gasteiger partial charge in [0.25, 0.3) is 0 Å². The second-order valence-electron chi connectivity index (χ2n) is 4.09. The van der Waals surface area contributed by atoms with Crippen molar-refractivity contribution in [2.75, 3.05) is 25.6 Å². The van der Waals surface area contributed by atoms with Gasteiger partial charge in [0.05, 0.1) is 19.0 Å². The number of benzene rings is 1. The van der Waals surface area contributed by atoms with E-state index in [4.69, 9.17) is 0 Å². The minimum absolute atomic E-state index is 0.194. The van der Waals surface area contributed by atoms with Crippen LogP contribution in [0.25, 0.3) is 10.9 Å². The van der Waals surface area contributed by atoms with Crippen LogP contribution >= 0.6 is 0 Å². The van der Waals surface area contributed by atoms with Crippen molar-refractivity contribution in [3.63, 3.8) is 0 Å². The van der Waals surface area contributed by atoms with E-state index in [-0.39, 0.29) is 5.97 Å².